The van der Waals surface area contributed by atoms with Gasteiger partial charge >= 0.3 is 6.03 Å². The molecule has 180 valence electrons. The van der Waals surface area contributed by atoms with Crippen LogP contribution in [0.25, 0.3) is 11.1 Å². The first-order chi connectivity index (χ1) is 16.0. The van der Waals surface area contributed by atoms with Crippen molar-refractivity contribution < 1.29 is 28.4 Å². The number of morpholine rings is 1. The lowest BCUT2D eigenvalue weighted by atomic mass is 9.67. The molecule has 5 rings (SSSR count). The van der Waals surface area contributed by atoms with Gasteiger partial charge in [0, 0.05) is 36.9 Å². The van der Waals surface area contributed by atoms with Crippen LogP contribution in [0.3, 0.4) is 0 Å². The minimum atomic E-state index is -1.67. The Labute approximate surface area is 199 Å². The van der Waals surface area contributed by atoms with E-state index in [9.17, 15) is 19.2 Å². The van der Waals surface area contributed by atoms with E-state index < -0.39 is 41.3 Å². The smallest absolute Gasteiger partial charge is 0.328 e. The second-order valence-corrected chi connectivity index (χ2v) is 9.54. The van der Waals surface area contributed by atoms with Gasteiger partial charge in [0.15, 0.2) is 16.7 Å². The van der Waals surface area contributed by atoms with Crippen LogP contribution in [0.15, 0.2) is 10.6 Å². The summed E-state index contributed by atoms with van der Waals surface area (Å²) in [6, 6.07) is -0.177. The van der Waals surface area contributed by atoms with Crippen molar-refractivity contribution in [3.63, 3.8) is 0 Å². The van der Waals surface area contributed by atoms with E-state index >= 15 is 0 Å². The highest BCUT2D eigenvalue weighted by Crippen LogP contribution is 2.47. The quantitative estimate of drug-likeness (QED) is 0.466. The van der Waals surface area contributed by atoms with Crippen LogP contribution in [-0.2, 0) is 20.7 Å². The molecule has 13 heteroatoms. The van der Waals surface area contributed by atoms with E-state index in [1.54, 1.807) is 26.8 Å². The van der Waals surface area contributed by atoms with Gasteiger partial charge in [-0.2, -0.15) is 0 Å². The molecule has 2 aromatic heterocycles. The average molecular weight is 491 g/mol. The van der Waals surface area contributed by atoms with Crippen molar-refractivity contribution in [3.8, 4) is 0 Å². The summed E-state index contributed by atoms with van der Waals surface area (Å²) in [7, 11) is 0. The summed E-state index contributed by atoms with van der Waals surface area (Å²) in [6.45, 7) is 7.53. The first kappa shape index (κ1) is 22.5. The van der Waals surface area contributed by atoms with E-state index in [0.29, 0.717) is 17.9 Å². The first-order valence-corrected chi connectivity index (χ1v) is 11.3. The number of hydrogen-bond acceptors (Lipinski definition) is 9. The summed E-state index contributed by atoms with van der Waals surface area (Å²) in [4.78, 5) is 57.6. The van der Waals surface area contributed by atoms with Crippen molar-refractivity contribution in [1.82, 2.24) is 25.2 Å². The number of barbiturate groups is 1. The molecule has 12 nitrogen and oxygen atoms in total. The Kier molecular flexibility index (Phi) is 5.06. The van der Waals surface area contributed by atoms with Gasteiger partial charge < -0.3 is 14.2 Å². The van der Waals surface area contributed by atoms with Crippen molar-refractivity contribution in [2.75, 3.05) is 11.4 Å². The Bertz CT molecular complexity index is 1220. The number of urea groups is 1. The van der Waals surface area contributed by atoms with Crippen LogP contribution in [-0.4, -0.2) is 69.1 Å². The van der Waals surface area contributed by atoms with Gasteiger partial charge in [-0.3, -0.25) is 25.0 Å². The zero-order chi connectivity index (χ0) is 24.5. The molecule has 0 aromatic carbocycles. The zero-order valence-electron chi connectivity index (χ0n) is 18.9. The summed E-state index contributed by atoms with van der Waals surface area (Å²) in [5.41, 5.74) is -0.263. The number of halogens is 1. The van der Waals surface area contributed by atoms with Crippen molar-refractivity contribution in [2.45, 2.75) is 58.4 Å². The number of aromatic nitrogens is 2. The van der Waals surface area contributed by atoms with E-state index in [2.05, 4.69) is 20.8 Å². The number of nitrogens with zero attached hydrogens (tertiary/aromatic N) is 4. The van der Waals surface area contributed by atoms with Gasteiger partial charge in [-0.05, 0) is 27.7 Å². The van der Waals surface area contributed by atoms with Crippen LogP contribution >= 0.6 is 11.8 Å². The van der Waals surface area contributed by atoms with Gasteiger partial charge in [0.05, 0.1) is 29.6 Å². The Morgan fingerprint density at radius 2 is 1.94 bits per heavy atom. The maximum absolute atomic E-state index is 13.2. The number of nitrogens with one attached hydrogen (secondary N) is 2. The Morgan fingerprint density at radius 1 is 1.26 bits per heavy atom. The standard InChI is InChI=1S/C21H23ClN6O6/c1-8(2)28(22)17(29)15-14-13(34-26-15)5-12-11(23-14)6-21(18(30)24-20(32)25-19(21)31)16-10(4)33-9(3)7-27(12)16/h5,8-10,16H,6-7H2,1-4H3,(H2,24,25,30,31,32)/t9-,10+,16-/m0/s1. The van der Waals surface area contributed by atoms with Gasteiger partial charge in [-0.25, -0.2) is 14.2 Å². The average Bonchev–Trinajstić information content (AvgIpc) is 3.17. The second kappa shape index (κ2) is 7.64. The molecule has 3 atom stereocenters. The van der Waals surface area contributed by atoms with E-state index in [1.165, 1.54) is 0 Å². The monoisotopic (exact) mass is 490 g/mol. The molecule has 34 heavy (non-hydrogen) atoms. The predicted octanol–water partition coefficient (Wildman–Crippen LogP) is 1.12. The molecule has 2 N–H and O–H groups in total. The third-order valence-corrected chi connectivity index (χ3v) is 7.10. The summed E-state index contributed by atoms with van der Waals surface area (Å²) >= 11 is 6.11. The fourth-order valence-electron chi connectivity index (χ4n) is 5.16. The number of fused-ring (bicyclic) bond motifs is 5. The van der Waals surface area contributed by atoms with Gasteiger partial charge in [-0.15, -0.1) is 0 Å². The van der Waals surface area contributed by atoms with E-state index in [1.807, 2.05) is 11.8 Å². The predicted molar refractivity (Wildman–Crippen MR) is 118 cm³/mol. The lowest BCUT2D eigenvalue weighted by Crippen LogP contribution is -2.75. The molecular weight excluding hydrogens is 468 g/mol. The highest BCUT2D eigenvalue weighted by molar-refractivity contribution is 6.25. The number of imide groups is 2. The number of carbonyl (C=O) groups excluding carboxylic acids is 4. The Balaban J connectivity index is 1.69. The van der Waals surface area contributed by atoms with Crippen LogP contribution in [0.1, 0.15) is 43.9 Å². The molecule has 0 bridgehead atoms. The molecule has 2 saturated heterocycles. The molecule has 5 amide bonds. The van der Waals surface area contributed by atoms with Gasteiger partial charge in [0.2, 0.25) is 11.8 Å². The topological polar surface area (TPSA) is 147 Å². The highest BCUT2D eigenvalue weighted by Gasteiger charge is 2.63. The molecule has 1 spiro atoms. The van der Waals surface area contributed by atoms with Crippen LogP contribution in [0.4, 0.5) is 10.5 Å². The third kappa shape index (κ3) is 3.08. The number of anilines is 1. The van der Waals surface area contributed by atoms with Gasteiger partial charge in [-0.1, -0.05) is 5.16 Å². The summed E-state index contributed by atoms with van der Waals surface area (Å²) in [5.74, 6) is -2.03. The number of carbonyl (C=O) groups is 4. The van der Waals surface area contributed by atoms with Crippen LogP contribution < -0.4 is 15.5 Å². The molecule has 2 aromatic rings. The maximum atomic E-state index is 13.2. The van der Waals surface area contributed by atoms with Crippen LogP contribution in [0, 0.1) is 5.41 Å². The first-order valence-electron chi connectivity index (χ1n) is 10.9. The molecule has 3 aliphatic rings. The normalized spacial score (nSPS) is 25.8. The van der Waals surface area contributed by atoms with E-state index in [-0.39, 0.29) is 35.4 Å². The van der Waals surface area contributed by atoms with E-state index in [4.69, 9.17) is 21.0 Å². The van der Waals surface area contributed by atoms with Crippen molar-refractivity contribution in [3.05, 3.63) is 17.5 Å². The number of rotatable bonds is 2. The highest BCUT2D eigenvalue weighted by atomic mass is 35.5. The molecule has 3 aliphatic heterocycles. The van der Waals surface area contributed by atoms with Gasteiger partial charge in [0.25, 0.3) is 5.91 Å². The largest absolute Gasteiger partial charge is 0.372 e. The number of hydrogen-bond donors (Lipinski definition) is 2. The number of ether oxygens (including phenoxy) is 1. The Morgan fingerprint density at radius 3 is 2.59 bits per heavy atom. The summed E-state index contributed by atoms with van der Waals surface area (Å²) in [5, 5.41) is 8.34. The minimum absolute atomic E-state index is 0.0749. The molecular formula is C21H23ClN6O6. The molecule has 0 aliphatic carbocycles. The fourth-order valence-corrected chi connectivity index (χ4v) is 5.24. The third-order valence-electron chi connectivity index (χ3n) is 6.56. The molecule has 5 heterocycles. The van der Waals surface area contributed by atoms with Crippen molar-refractivity contribution in [2.24, 2.45) is 5.41 Å². The zero-order valence-corrected chi connectivity index (χ0v) is 19.7. The number of amides is 5. The fraction of sp³-hybridized carbons (Fsp3) is 0.524. The minimum Gasteiger partial charge on any atom is -0.372 e. The van der Waals surface area contributed by atoms with Crippen molar-refractivity contribution >= 4 is 52.3 Å². The second-order valence-electron chi connectivity index (χ2n) is 9.18. The van der Waals surface area contributed by atoms with Gasteiger partial charge in [0.1, 0.15) is 5.52 Å². The van der Waals surface area contributed by atoms with Crippen LogP contribution in [0.2, 0.25) is 0 Å². The maximum Gasteiger partial charge on any atom is 0.328 e. The lowest BCUT2D eigenvalue weighted by molar-refractivity contribution is -0.153. The molecule has 0 unspecified atom stereocenters. The Hall–Kier alpha value is -3.25. The van der Waals surface area contributed by atoms with Crippen molar-refractivity contribution in [1.29, 1.82) is 0 Å². The molecule has 0 radical (unpaired) electrons. The SMILES string of the molecule is CC(C)N(Cl)C(=O)c1noc2cc3c(nc12)CC1(C(=O)NC(=O)NC1=O)[C@@H]1[C@@H](C)O[C@@H](C)CN31. The summed E-state index contributed by atoms with van der Waals surface area (Å²) in [6.07, 6.45) is -0.830. The van der Waals surface area contributed by atoms with Crippen LogP contribution in [0.5, 0.6) is 0 Å². The number of pyridine rings is 1. The van der Waals surface area contributed by atoms with E-state index in [0.717, 1.165) is 4.42 Å². The summed E-state index contributed by atoms with van der Waals surface area (Å²) < 4.78 is 12.4. The molecule has 2 fully saturated rings. The molecule has 0 saturated carbocycles. The lowest BCUT2D eigenvalue weighted by Gasteiger charge is -2.54.